The molecule has 0 aliphatic heterocycles. The van der Waals surface area contributed by atoms with Crippen LogP contribution in [-0.2, 0) is 10.0 Å². The van der Waals surface area contributed by atoms with E-state index in [1.54, 1.807) is 4.90 Å². The zero-order chi connectivity index (χ0) is 15.3. The highest BCUT2D eigenvalue weighted by molar-refractivity contribution is 7.89. The van der Waals surface area contributed by atoms with Crippen molar-refractivity contribution < 1.29 is 17.9 Å². The number of carbonyl (C=O) groups is 1. The normalized spacial score (nSPS) is 11.2. The van der Waals surface area contributed by atoms with E-state index in [1.807, 2.05) is 13.8 Å². The van der Waals surface area contributed by atoms with Crippen LogP contribution in [0.25, 0.3) is 0 Å². The number of sulfonamides is 1. The zero-order valence-electron chi connectivity index (χ0n) is 11.9. The molecule has 0 saturated carbocycles. The molecular weight excluding hydrogens is 280 g/mol. The average Bonchev–Trinajstić information content (AvgIpc) is 2.42. The first-order valence-electron chi connectivity index (χ1n) is 6.35. The third-order valence-electron chi connectivity index (χ3n) is 2.89. The minimum Gasteiger partial charge on any atom is -0.496 e. The summed E-state index contributed by atoms with van der Waals surface area (Å²) in [6, 6.07) is 4.02. The van der Waals surface area contributed by atoms with E-state index in [4.69, 9.17) is 9.88 Å². The SMILES string of the molecule is CCCN(CC)C(=O)c1cc(S(N)(=O)=O)ccc1OC. The van der Waals surface area contributed by atoms with Crippen molar-refractivity contribution in [2.45, 2.75) is 25.2 Å². The van der Waals surface area contributed by atoms with E-state index in [0.717, 1.165) is 6.42 Å². The lowest BCUT2D eigenvalue weighted by Crippen LogP contribution is -2.32. The Kier molecular flexibility index (Phi) is 5.52. The Balaban J connectivity index is 3.30. The molecule has 1 aromatic rings. The summed E-state index contributed by atoms with van der Waals surface area (Å²) in [6.07, 6.45) is 0.816. The van der Waals surface area contributed by atoms with Gasteiger partial charge >= 0.3 is 0 Å². The smallest absolute Gasteiger partial charge is 0.257 e. The zero-order valence-corrected chi connectivity index (χ0v) is 12.7. The van der Waals surface area contributed by atoms with Crippen molar-refractivity contribution in [3.05, 3.63) is 23.8 Å². The highest BCUT2D eigenvalue weighted by Crippen LogP contribution is 2.23. The van der Waals surface area contributed by atoms with Gasteiger partial charge in [0.05, 0.1) is 17.6 Å². The molecular formula is C13H20N2O4S. The number of hydrogen-bond donors (Lipinski definition) is 1. The maximum atomic E-state index is 12.4. The number of primary sulfonamides is 1. The number of hydrogen-bond acceptors (Lipinski definition) is 4. The van der Waals surface area contributed by atoms with E-state index in [1.165, 1.54) is 25.3 Å². The lowest BCUT2D eigenvalue weighted by molar-refractivity contribution is 0.0761. The number of amides is 1. The summed E-state index contributed by atoms with van der Waals surface area (Å²) in [5, 5.41) is 5.09. The first-order chi connectivity index (χ1) is 9.35. The molecule has 0 spiro atoms. The van der Waals surface area contributed by atoms with E-state index in [-0.39, 0.29) is 16.4 Å². The van der Waals surface area contributed by atoms with Crippen LogP contribution in [0.5, 0.6) is 5.75 Å². The van der Waals surface area contributed by atoms with Gasteiger partial charge in [-0.05, 0) is 31.5 Å². The van der Waals surface area contributed by atoms with Gasteiger partial charge in [0.1, 0.15) is 5.75 Å². The highest BCUT2D eigenvalue weighted by atomic mass is 32.2. The van der Waals surface area contributed by atoms with Crippen molar-refractivity contribution >= 4 is 15.9 Å². The molecule has 0 aliphatic carbocycles. The fraction of sp³-hybridized carbons (Fsp3) is 0.462. The van der Waals surface area contributed by atoms with Crippen LogP contribution in [0.1, 0.15) is 30.6 Å². The maximum Gasteiger partial charge on any atom is 0.257 e. The number of ether oxygens (including phenoxy) is 1. The molecule has 0 aliphatic rings. The fourth-order valence-electron chi connectivity index (χ4n) is 1.87. The Hall–Kier alpha value is -1.60. The Morgan fingerprint density at radius 2 is 2.00 bits per heavy atom. The van der Waals surface area contributed by atoms with Crippen LogP contribution in [0.15, 0.2) is 23.1 Å². The van der Waals surface area contributed by atoms with Gasteiger partial charge in [0.15, 0.2) is 0 Å². The van der Waals surface area contributed by atoms with E-state index in [0.29, 0.717) is 18.8 Å². The molecule has 0 fully saturated rings. The number of carbonyl (C=O) groups excluding carboxylic acids is 1. The van der Waals surface area contributed by atoms with Gasteiger partial charge in [-0.25, -0.2) is 13.6 Å². The van der Waals surface area contributed by atoms with Gasteiger partial charge in [0.2, 0.25) is 10.0 Å². The molecule has 0 saturated heterocycles. The lowest BCUT2D eigenvalue weighted by atomic mass is 10.1. The Bertz CT molecular complexity index is 584. The van der Waals surface area contributed by atoms with Gasteiger partial charge in [0.25, 0.3) is 5.91 Å². The minimum atomic E-state index is -3.85. The molecule has 0 heterocycles. The van der Waals surface area contributed by atoms with Crippen molar-refractivity contribution in [1.82, 2.24) is 4.90 Å². The summed E-state index contributed by atoms with van der Waals surface area (Å²) in [6.45, 7) is 4.96. The van der Waals surface area contributed by atoms with Crippen molar-refractivity contribution in [2.75, 3.05) is 20.2 Å². The quantitative estimate of drug-likeness (QED) is 0.855. The number of nitrogens with zero attached hydrogens (tertiary/aromatic N) is 1. The molecule has 1 rings (SSSR count). The van der Waals surface area contributed by atoms with Gasteiger partial charge in [0, 0.05) is 13.1 Å². The van der Waals surface area contributed by atoms with E-state index in [9.17, 15) is 13.2 Å². The summed E-state index contributed by atoms with van der Waals surface area (Å²) in [4.78, 5) is 14.0. The standard InChI is InChI=1S/C13H20N2O4S/c1-4-8-15(5-2)13(16)11-9-10(20(14,17)18)6-7-12(11)19-3/h6-7,9H,4-5,8H2,1-3H3,(H2,14,17,18). The van der Waals surface area contributed by atoms with Gasteiger partial charge in [-0.15, -0.1) is 0 Å². The first-order valence-corrected chi connectivity index (χ1v) is 7.89. The molecule has 1 aromatic carbocycles. The van der Waals surface area contributed by atoms with Crippen LogP contribution in [0.3, 0.4) is 0 Å². The van der Waals surface area contributed by atoms with E-state index < -0.39 is 10.0 Å². The molecule has 112 valence electrons. The number of benzene rings is 1. The highest BCUT2D eigenvalue weighted by Gasteiger charge is 2.20. The summed E-state index contributed by atoms with van der Waals surface area (Å²) in [7, 11) is -2.43. The van der Waals surface area contributed by atoms with Crippen molar-refractivity contribution in [3.63, 3.8) is 0 Å². The molecule has 0 aromatic heterocycles. The third kappa shape index (κ3) is 3.71. The van der Waals surface area contributed by atoms with Crippen LogP contribution in [-0.4, -0.2) is 39.4 Å². The predicted octanol–water partition coefficient (Wildman–Crippen LogP) is 1.21. The second-order valence-corrected chi connectivity index (χ2v) is 5.85. The van der Waals surface area contributed by atoms with Crippen molar-refractivity contribution in [3.8, 4) is 5.75 Å². The Morgan fingerprint density at radius 3 is 2.45 bits per heavy atom. The molecule has 0 unspecified atom stereocenters. The van der Waals surface area contributed by atoms with Crippen molar-refractivity contribution in [1.29, 1.82) is 0 Å². The van der Waals surface area contributed by atoms with Gasteiger partial charge in [-0.1, -0.05) is 6.92 Å². The van der Waals surface area contributed by atoms with Gasteiger partial charge in [-0.2, -0.15) is 0 Å². The minimum absolute atomic E-state index is 0.103. The molecule has 1 amide bonds. The van der Waals surface area contributed by atoms with Crippen LogP contribution in [0.4, 0.5) is 0 Å². The van der Waals surface area contributed by atoms with Crippen LogP contribution in [0.2, 0.25) is 0 Å². The van der Waals surface area contributed by atoms with Crippen LogP contribution < -0.4 is 9.88 Å². The predicted molar refractivity (Wildman–Crippen MR) is 76.2 cm³/mol. The number of nitrogens with two attached hydrogens (primary N) is 1. The van der Waals surface area contributed by atoms with Crippen molar-refractivity contribution in [2.24, 2.45) is 5.14 Å². The molecule has 6 nitrogen and oxygen atoms in total. The number of rotatable bonds is 6. The summed E-state index contributed by atoms with van der Waals surface area (Å²) < 4.78 is 27.9. The lowest BCUT2D eigenvalue weighted by Gasteiger charge is -2.21. The summed E-state index contributed by atoms with van der Waals surface area (Å²) in [5.74, 6) is 0.0636. The van der Waals surface area contributed by atoms with Gasteiger partial charge < -0.3 is 9.64 Å². The fourth-order valence-corrected chi connectivity index (χ4v) is 2.41. The first kappa shape index (κ1) is 16.5. The Labute approximate surface area is 119 Å². The molecule has 20 heavy (non-hydrogen) atoms. The largest absolute Gasteiger partial charge is 0.496 e. The second-order valence-electron chi connectivity index (χ2n) is 4.29. The summed E-state index contributed by atoms with van der Waals surface area (Å²) in [5.41, 5.74) is 0.203. The molecule has 0 radical (unpaired) electrons. The number of methoxy groups -OCH3 is 1. The van der Waals surface area contributed by atoms with E-state index >= 15 is 0 Å². The van der Waals surface area contributed by atoms with Crippen LogP contribution in [0, 0.1) is 0 Å². The topological polar surface area (TPSA) is 89.7 Å². The summed E-state index contributed by atoms with van der Waals surface area (Å²) >= 11 is 0. The molecule has 7 heteroatoms. The van der Waals surface area contributed by atoms with Gasteiger partial charge in [-0.3, -0.25) is 4.79 Å². The monoisotopic (exact) mass is 300 g/mol. The third-order valence-corrected chi connectivity index (χ3v) is 3.80. The molecule has 0 bridgehead atoms. The molecule has 0 atom stereocenters. The molecule has 2 N–H and O–H groups in total. The second kappa shape index (κ2) is 6.71. The van der Waals surface area contributed by atoms with Crippen LogP contribution >= 0.6 is 0 Å². The average molecular weight is 300 g/mol. The maximum absolute atomic E-state index is 12.4. The Morgan fingerprint density at radius 1 is 1.35 bits per heavy atom. The van der Waals surface area contributed by atoms with E-state index in [2.05, 4.69) is 0 Å².